The van der Waals surface area contributed by atoms with Gasteiger partial charge in [-0.25, -0.2) is 4.98 Å². The fraction of sp³-hybridized carbons (Fsp3) is 0.118. The monoisotopic (exact) mass is 863 g/mol. The molecule has 7 aromatic rings. The molecule has 4 atom stereocenters. The van der Waals surface area contributed by atoms with Crippen molar-refractivity contribution in [1.29, 1.82) is 0 Å². The van der Waals surface area contributed by atoms with Crippen molar-refractivity contribution >= 4 is 23.5 Å². The van der Waals surface area contributed by atoms with Gasteiger partial charge in [0.05, 0.1) is 23.2 Å². The second-order valence-electron chi connectivity index (χ2n) is 15.2. The molecule has 1 aromatic heterocycles. The van der Waals surface area contributed by atoms with Crippen molar-refractivity contribution in [3.63, 3.8) is 0 Å². The molecule has 0 saturated carbocycles. The van der Waals surface area contributed by atoms with Crippen molar-refractivity contribution in [3.05, 3.63) is 244 Å². The molecule has 0 fully saturated rings. The molecule has 7 nitrogen and oxygen atoms in total. The Hall–Kier alpha value is -7.67. The number of rotatable bonds is 8. The van der Waals surface area contributed by atoms with E-state index in [1.165, 1.54) is 9.80 Å². The number of hydrogen-bond donors (Lipinski definition) is 0. The summed E-state index contributed by atoms with van der Waals surface area (Å²) in [6.07, 6.45) is -9.25. The number of halogens is 6. The van der Waals surface area contributed by atoms with Gasteiger partial charge in [-0.15, -0.1) is 0 Å². The lowest BCUT2D eigenvalue weighted by molar-refractivity contribution is -0.138. The van der Waals surface area contributed by atoms with Crippen LogP contribution in [0.15, 0.2) is 198 Å². The second kappa shape index (κ2) is 16.9. The molecule has 2 aliphatic heterocycles. The first-order valence-electron chi connectivity index (χ1n) is 20.2. The van der Waals surface area contributed by atoms with Crippen LogP contribution in [0.5, 0.6) is 0 Å². The predicted molar refractivity (Wildman–Crippen MR) is 229 cm³/mol. The SMILES string of the molecule is O=C(c1ccc(C(F)(F)F)cc1)N1C(c2cccc(C3=N[C@H](c4ccccc4)[C@@H](c4ccccc4)N3C(=O)c3ccc(C(F)(F)F)cc3)n2)=N[C@H](c2ccccc2)[C@H]1c1ccccc1. The number of alkyl halides is 6. The third kappa shape index (κ3) is 8.08. The van der Waals surface area contributed by atoms with E-state index in [4.69, 9.17) is 15.0 Å². The van der Waals surface area contributed by atoms with Crippen LogP contribution in [0.1, 0.15) is 89.7 Å². The molecular formula is C51H35F6N5O2. The fourth-order valence-corrected chi connectivity index (χ4v) is 8.24. The summed E-state index contributed by atoms with van der Waals surface area (Å²) < 4.78 is 82.0. The molecule has 0 radical (unpaired) electrons. The van der Waals surface area contributed by atoms with Crippen molar-refractivity contribution in [2.75, 3.05) is 0 Å². The zero-order valence-electron chi connectivity index (χ0n) is 33.5. The van der Waals surface area contributed by atoms with E-state index in [1.54, 1.807) is 18.2 Å². The van der Waals surface area contributed by atoms with Gasteiger partial charge in [-0.1, -0.05) is 127 Å². The highest BCUT2D eigenvalue weighted by Gasteiger charge is 2.46. The number of carbonyl (C=O) groups is 2. The van der Waals surface area contributed by atoms with Crippen LogP contribution in [0.3, 0.4) is 0 Å². The first-order chi connectivity index (χ1) is 30.9. The fourth-order valence-electron chi connectivity index (χ4n) is 8.24. The number of carbonyl (C=O) groups excluding carboxylic acids is 2. The maximum Gasteiger partial charge on any atom is 0.416 e. The Morgan fingerprint density at radius 2 is 0.703 bits per heavy atom. The van der Waals surface area contributed by atoms with Crippen molar-refractivity contribution in [2.45, 2.75) is 36.5 Å². The largest absolute Gasteiger partial charge is 0.416 e. The molecule has 0 saturated heterocycles. The minimum absolute atomic E-state index is 0.0172. The van der Waals surface area contributed by atoms with Crippen LogP contribution in [0.25, 0.3) is 0 Å². The molecule has 9 rings (SSSR count). The van der Waals surface area contributed by atoms with Gasteiger partial charge in [0.2, 0.25) is 0 Å². The lowest BCUT2D eigenvalue weighted by atomic mass is 9.93. The molecule has 0 unspecified atom stereocenters. The van der Waals surface area contributed by atoms with Crippen LogP contribution in [0.4, 0.5) is 26.3 Å². The average Bonchev–Trinajstić information content (AvgIpc) is 3.93. The van der Waals surface area contributed by atoms with Gasteiger partial charge in [-0.2, -0.15) is 26.3 Å². The number of amidine groups is 2. The van der Waals surface area contributed by atoms with E-state index in [0.29, 0.717) is 11.1 Å². The highest BCUT2D eigenvalue weighted by atomic mass is 19.4. The number of aliphatic imine (C=N–C) groups is 2. The van der Waals surface area contributed by atoms with Crippen LogP contribution < -0.4 is 0 Å². The quantitative estimate of drug-likeness (QED) is 0.143. The normalized spacial score (nSPS) is 18.7. The third-order valence-electron chi connectivity index (χ3n) is 11.3. The van der Waals surface area contributed by atoms with Crippen molar-refractivity contribution in [1.82, 2.24) is 14.8 Å². The molecule has 0 spiro atoms. The molecule has 0 bridgehead atoms. The minimum atomic E-state index is -4.62. The Balaban J connectivity index is 1.21. The summed E-state index contributed by atoms with van der Waals surface area (Å²) >= 11 is 0. The maximum atomic E-state index is 14.9. The predicted octanol–water partition coefficient (Wildman–Crippen LogP) is 11.9. The Morgan fingerprint density at radius 3 is 1.02 bits per heavy atom. The topological polar surface area (TPSA) is 78.2 Å². The van der Waals surface area contributed by atoms with Gasteiger partial charge >= 0.3 is 12.4 Å². The van der Waals surface area contributed by atoms with Crippen molar-refractivity contribution in [2.24, 2.45) is 9.98 Å². The molecule has 64 heavy (non-hydrogen) atoms. The van der Waals surface area contributed by atoms with Crippen LogP contribution in [0, 0.1) is 0 Å². The highest BCUT2D eigenvalue weighted by molar-refractivity contribution is 6.16. The molecule has 0 aliphatic carbocycles. The Bertz CT molecular complexity index is 2660. The van der Waals surface area contributed by atoms with Crippen molar-refractivity contribution < 1.29 is 35.9 Å². The summed E-state index contributed by atoms with van der Waals surface area (Å²) in [6, 6.07) is 47.0. The maximum absolute atomic E-state index is 14.9. The number of pyridine rings is 1. The highest BCUT2D eigenvalue weighted by Crippen LogP contribution is 2.46. The van der Waals surface area contributed by atoms with Gasteiger partial charge in [0.25, 0.3) is 11.8 Å². The van der Waals surface area contributed by atoms with Crippen molar-refractivity contribution in [3.8, 4) is 0 Å². The van der Waals surface area contributed by atoms with Crippen LogP contribution >= 0.6 is 0 Å². The summed E-state index contributed by atoms with van der Waals surface area (Å²) in [4.78, 5) is 48.0. The summed E-state index contributed by atoms with van der Waals surface area (Å²) in [5.74, 6) is -1.02. The van der Waals surface area contributed by atoms with Gasteiger partial charge in [0, 0.05) is 11.1 Å². The first-order valence-corrected chi connectivity index (χ1v) is 20.2. The number of hydrogen-bond acceptors (Lipinski definition) is 5. The molecule has 318 valence electrons. The lowest BCUT2D eigenvalue weighted by Gasteiger charge is -2.30. The molecule has 3 heterocycles. The molecule has 0 N–H and O–H groups in total. The zero-order valence-corrected chi connectivity index (χ0v) is 33.5. The third-order valence-corrected chi connectivity index (χ3v) is 11.3. The van der Waals surface area contributed by atoms with E-state index in [0.717, 1.165) is 59.7 Å². The smallest absolute Gasteiger partial charge is 0.281 e. The van der Waals surface area contributed by atoms with Gasteiger partial charge in [0.15, 0.2) is 11.7 Å². The molecular weight excluding hydrogens is 829 g/mol. The Labute approximate surface area is 363 Å². The average molecular weight is 864 g/mol. The Morgan fingerprint density at radius 1 is 0.391 bits per heavy atom. The number of aromatic nitrogens is 1. The standard InChI is InChI=1S/C51H35F6N5O2/c52-50(53,54)38-28-24-36(25-29-38)48(63)61-44(34-18-9-3-10-19-34)42(32-14-5-1-6-15-32)59-46(61)40-22-13-23-41(58-40)47-60-43(33-16-7-2-8-17-33)45(35-20-11-4-12-21-35)62(47)49(64)37-26-30-39(31-27-37)51(55,56)57/h1-31,42-45H/t42-,43-,44-,45-/m1/s1. The minimum Gasteiger partial charge on any atom is -0.281 e. The van der Waals surface area contributed by atoms with Gasteiger partial charge in [0.1, 0.15) is 23.5 Å². The van der Waals surface area contributed by atoms with Crippen LogP contribution in [-0.2, 0) is 12.4 Å². The zero-order chi connectivity index (χ0) is 44.6. The van der Waals surface area contributed by atoms with E-state index in [-0.39, 0.29) is 34.2 Å². The second-order valence-corrected chi connectivity index (χ2v) is 15.2. The van der Waals surface area contributed by atoms with E-state index >= 15 is 0 Å². The molecule has 2 aliphatic rings. The van der Waals surface area contributed by atoms with Crippen LogP contribution in [-0.4, -0.2) is 38.3 Å². The lowest BCUT2D eigenvalue weighted by Crippen LogP contribution is -2.39. The molecule has 2 amide bonds. The Kier molecular flexibility index (Phi) is 11.0. The van der Waals surface area contributed by atoms with E-state index in [9.17, 15) is 35.9 Å². The number of nitrogens with zero attached hydrogens (tertiary/aromatic N) is 5. The van der Waals surface area contributed by atoms with Gasteiger partial charge in [-0.05, 0) is 82.9 Å². The van der Waals surface area contributed by atoms with E-state index < -0.39 is 59.5 Å². The van der Waals surface area contributed by atoms with E-state index in [2.05, 4.69) is 0 Å². The summed E-state index contributed by atoms with van der Waals surface area (Å²) in [6.45, 7) is 0. The van der Waals surface area contributed by atoms with Gasteiger partial charge < -0.3 is 0 Å². The summed E-state index contributed by atoms with van der Waals surface area (Å²) in [5, 5.41) is 0. The van der Waals surface area contributed by atoms with Crippen LogP contribution in [0.2, 0.25) is 0 Å². The number of benzene rings is 6. The summed E-state index contributed by atoms with van der Waals surface area (Å²) in [5.41, 5.74) is 1.47. The molecule has 13 heteroatoms. The molecule has 6 aromatic carbocycles. The first kappa shape index (κ1) is 41.7. The van der Waals surface area contributed by atoms with Gasteiger partial charge in [-0.3, -0.25) is 29.4 Å². The summed E-state index contributed by atoms with van der Waals surface area (Å²) in [7, 11) is 0. The van der Waals surface area contributed by atoms with E-state index in [1.807, 2.05) is 121 Å². The number of amides is 2.